The number of carboxylic acid groups (broad SMARTS) is 1. The lowest BCUT2D eigenvalue weighted by molar-refractivity contribution is -0.138. The number of nitrogens with one attached hydrogen (secondary N) is 2. The molecule has 13 nitrogen and oxygen atoms in total. The van der Waals surface area contributed by atoms with Crippen molar-refractivity contribution in [1.29, 1.82) is 0 Å². The number of carboxylic acids is 1. The number of anilines is 1. The summed E-state index contributed by atoms with van der Waals surface area (Å²) in [5, 5.41) is 24.5. The van der Waals surface area contributed by atoms with E-state index in [0.717, 1.165) is 0 Å². The van der Waals surface area contributed by atoms with Gasteiger partial charge in [0.25, 0.3) is 5.91 Å². The molecule has 1 saturated heterocycles. The minimum atomic E-state index is -1.12. The molecule has 2 atom stereocenters. The van der Waals surface area contributed by atoms with Gasteiger partial charge in [-0.05, 0) is 20.3 Å². The second-order valence-electron chi connectivity index (χ2n) is 9.03. The average Bonchev–Trinajstić information content (AvgIpc) is 2.94. The summed E-state index contributed by atoms with van der Waals surface area (Å²) in [6, 6.07) is 9.29. The number of ether oxygens (including phenoxy) is 1. The zero-order valence-electron chi connectivity index (χ0n) is 22.0. The molecular formula is C26H34N6O7. The highest BCUT2D eigenvalue weighted by Crippen LogP contribution is 2.18. The van der Waals surface area contributed by atoms with E-state index in [-0.39, 0.29) is 63.7 Å². The van der Waals surface area contributed by atoms with Crippen molar-refractivity contribution in [2.24, 2.45) is 0 Å². The summed E-state index contributed by atoms with van der Waals surface area (Å²) >= 11 is 0. The third kappa shape index (κ3) is 8.64. The van der Waals surface area contributed by atoms with Crippen LogP contribution in [-0.2, 0) is 14.3 Å². The van der Waals surface area contributed by atoms with Crippen molar-refractivity contribution >= 4 is 29.7 Å². The Morgan fingerprint density at radius 3 is 2.33 bits per heavy atom. The van der Waals surface area contributed by atoms with Crippen LogP contribution in [0.1, 0.15) is 37.2 Å². The van der Waals surface area contributed by atoms with Crippen LogP contribution in [-0.4, -0.2) is 105 Å². The number of rotatable bonds is 11. The van der Waals surface area contributed by atoms with Crippen LogP contribution < -0.4 is 10.6 Å². The van der Waals surface area contributed by atoms with Crippen molar-refractivity contribution in [2.45, 2.75) is 38.8 Å². The fraction of sp³-hybridized carbons (Fsp3) is 0.462. The standard InChI is InChI=1S/C26H34N6O7/c1-3-39-26(38)32-13-11-31(12-14-32)25(37)19(9-10-22(34)35)29-24(36)20-15-21(27-16-17(2)33)30-23(28-20)18-7-5-4-6-8-18/h4-8,15,17,19,33H,3,9-14,16H2,1-2H3,(H,29,36)(H,34,35)(H,27,28,30)/t17-,19?/m0/s1. The van der Waals surface area contributed by atoms with Gasteiger partial charge in [0.05, 0.1) is 12.7 Å². The molecule has 13 heteroatoms. The molecule has 39 heavy (non-hydrogen) atoms. The lowest BCUT2D eigenvalue weighted by Gasteiger charge is -2.35. The van der Waals surface area contributed by atoms with Crippen LogP contribution in [0.2, 0.25) is 0 Å². The zero-order chi connectivity index (χ0) is 28.4. The molecule has 0 radical (unpaired) electrons. The maximum Gasteiger partial charge on any atom is 0.409 e. The van der Waals surface area contributed by atoms with Crippen molar-refractivity contribution in [3.63, 3.8) is 0 Å². The highest BCUT2D eigenvalue weighted by Gasteiger charge is 2.31. The van der Waals surface area contributed by atoms with Crippen LogP contribution in [0, 0.1) is 0 Å². The summed E-state index contributed by atoms with van der Waals surface area (Å²) in [5.74, 6) is -1.66. The summed E-state index contributed by atoms with van der Waals surface area (Å²) in [6.07, 6.45) is -1.58. The monoisotopic (exact) mass is 542 g/mol. The Balaban J connectivity index is 1.79. The van der Waals surface area contributed by atoms with Crippen molar-refractivity contribution < 1.29 is 34.1 Å². The second kappa shape index (κ2) is 14.0. The third-order valence-corrected chi connectivity index (χ3v) is 5.94. The normalized spacial score (nSPS) is 14.7. The summed E-state index contributed by atoms with van der Waals surface area (Å²) in [7, 11) is 0. The van der Waals surface area contributed by atoms with Gasteiger partial charge in [-0.2, -0.15) is 0 Å². The fourth-order valence-corrected chi connectivity index (χ4v) is 3.92. The van der Waals surface area contributed by atoms with Crippen LogP contribution in [0.15, 0.2) is 36.4 Å². The zero-order valence-corrected chi connectivity index (χ0v) is 22.0. The molecule has 3 amide bonds. The number of carbonyl (C=O) groups excluding carboxylic acids is 3. The van der Waals surface area contributed by atoms with Gasteiger partial charge in [-0.1, -0.05) is 30.3 Å². The van der Waals surface area contributed by atoms with Crippen LogP contribution in [0.25, 0.3) is 11.4 Å². The maximum atomic E-state index is 13.3. The Hall–Kier alpha value is -4.26. The van der Waals surface area contributed by atoms with Crippen LogP contribution in [0.4, 0.5) is 10.6 Å². The molecule has 0 bridgehead atoms. The Bertz CT molecular complexity index is 1150. The smallest absolute Gasteiger partial charge is 0.409 e. The van der Waals surface area contributed by atoms with E-state index in [1.54, 1.807) is 38.1 Å². The van der Waals surface area contributed by atoms with Crippen LogP contribution in [0.5, 0.6) is 0 Å². The number of carbonyl (C=O) groups is 4. The molecule has 1 aromatic carbocycles. The SMILES string of the molecule is CCOC(=O)N1CCN(C(=O)C(CCC(=O)O)NC(=O)c2cc(NC[C@H](C)O)nc(-c3ccccc3)n2)CC1. The highest BCUT2D eigenvalue weighted by molar-refractivity contribution is 5.97. The van der Waals surface area contributed by atoms with Gasteiger partial charge >= 0.3 is 12.1 Å². The number of nitrogens with zero attached hydrogens (tertiary/aromatic N) is 4. The highest BCUT2D eigenvalue weighted by atomic mass is 16.6. The van der Waals surface area contributed by atoms with Gasteiger partial charge in [-0.25, -0.2) is 14.8 Å². The van der Waals surface area contributed by atoms with Gasteiger partial charge in [0.15, 0.2) is 5.82 Å². The Kier molecular flexibility index (Phi) is 10.6. The number of aliphatic hydroxyl groups excluding tert-OH is 1. The second-order valence-corrected chi connectivity index (χ2v) is 9.03. The number of aromatic nitrogens is 2. The number of piperazine rings is 1. The topological polar surface area (TPSA) is 174 Å². The predicted molar refractivity (Wildman–Crippen MR) is 141 cm³/mol. The third-order valence-electron chi connectivity index (χ3n) is 5.94. The van der Waals surface area contributed by atoms with E-state index < -0.39 is 36.0 Å². The molecule has 2 heterocycles. The molecule has 1 unspecified atom stereocenters. The first kappa shape index (κ1) is 29.3. The van der Waals surface area contributed by atoms with E-state index in [1.165, 1.54) is 15.9 Å². The first-order valence-electron chi connectivity index (χ1n) is 12.8. The van der Waals surface area contributed by atoms with Gasteiger partial charge in [0, 0.05) is 50.8 Å². The first-order valence-corrected chi connectivity index (χ1v) is 12.8. The summed E-state index contributed by atoms with van der Waals surface area (Å²) < 4.78 is 5.00. The number of hydrogen-bond acceptors (Lipinski definition) is 9. The minimum Gasteiger partial charge on any atom is -0.481 e. The van der Waals surface area contributed by atoms with Gasteiger partial charge < -0.3 is 35.4 Å². The van der Waals surface area contributed by atoms with Crippen molar-refractivity contribution in [3.05, 3.63) is 42.1 Å². The van der Waals surface area contributed by atoms with Crippen LogP contribution >= 0.6 is 0 Å². The molecule has 2 aromatic rings. The van der Waals surface area contributed by atoms with Crippen LogP contribution in [0.3, 0.4) is 0 Å². The van der Waals surface area contributed by atoms with Crippen molar-refractivity contribution in [1.82, 2.24) is 25.1 Å². The molecule has 0 aliphatic carbocycles. The summed E-state index contributed by atoms with van der Waals surface area (Å²) in [5.41, 5.74) is 0.627. The van der Waals surface area contributed by atoms with E-state index in [0.29, 0.717) is 11.4 Å². The quantitative estimate of drug-likeness (QED) is 0.323. The molecule has 210 valence electrons. The predicted octanol–water partition coefficient (Wildman–Crippen LogP) is 1.20. The molecule has 1 aliphatic heterocycles. The Morgan fingerprint density at radius 1 is 1.05 bits per heavy atom. The molecule has 1 aromatic heterocycles. The number of aliphatic carboxylic acids is 1. The first-order chi connectivity index (χ1) is 18.7. The molecule has 3 rings (SSSR count). The molecule has 1 aliphatic rings. The molecule has 4 N–H and O–H groups in total. The van der Waals surface area contributed by atoms with E-state index in [2.05, 4.69) is 20.6 Å². The summed E-state index contributed by atoms with van der Waals surface area (Å²) in [6.45, 7) is 4.69. The van der Waals surface area contributed by atoms with E-state index >= 15 is 0 Å². The van der Waals surface area contributed by atoms with E-state index in [9.17, 15) is 29.4 Å². The van der Waals surface area contributed by atoms with Crippen molar-refractivity contribution in [2.75, 3.05) is 44.6 Å². The summed E-state index contributed by atoms with van der Waals surface area (Å²) in [4.78, 5) is 61.7. The maximum absolute atomic E-state index is 13.3. The molecule has 0 spiro atoms. The largest absolute Gasteiger partial charge is 0.481 e. The number of hydrogen-bond donors (Lipinski definition) is 4. The number of amides is 3. The Morgan fingerprint density at radius 2 is 1.72 bits per heavy atom. The molecule has 0 saturated carbocycles. The van der Waals surface area contributed by atoms with Gasteiger partial charge in [0.2, 0.25) is 5.91 Å². The van der Waals surface area contributed by atoms with E-state index in [4.69, 9.17) is 4.74 Å². The number of benzene rings is 1. The minimum absolute atomic E-state index is 0.0304. The van der Waals surface area contributed by atoms with Gasteiger partial charge in [-0.15, -0.1) is 0 Å². The molecule has 1 fully saturated rings. The number of aliphatic hydroxyl groups is 1. The lowest BCUT2D eigenvalue weighted by atomic mass is 10.1. The lowest BCUT2D eigenvalue weighted by Crippen LogP contribution is -2.56. The average molecular weight is 543 g/mol. The van der Waals surface area contributed by atoms with E-state index in [1.807, 2.05) is 6.07 Å². The Labute approximate surface area is 226 Å². The molecular weight excluding hydrogens is 508 g/mol. The fourth-order valence-electron chi connectivity index (χ4n) is 3.92. The van der Waals surface area contributed by atoms with Gasteiger partial charge in [-0.3, -0.25) is 14.4 Å². The van der Waals surface area contributed by atoms with Gasteiger partial charge in [0.1, 0.15) is 17.6 Å². The van der Waals surface area contributed by atoms with Crippen molar-refractivity contribution in [3.8, 4) is 11.4 Å².